The Bertz CT molecular complexity index is 675. The highest BCUT2D eigenvalue weighted by Gasteiger charge is 2.29. The lowest BCUT2D eigenvalue weighted by Gasteiger charge is -2.14. The molecule has 0 saturated carbocycles. The van der Waals surface area contributed by atoms with Crippen molar-refractivity contribution in [1.29, 1.82) is 5.41 Å². The van der Waals surface area contributed by atoms with Gasteiger partial charge in [0.05, 0.1) is 0 Å². The van der Waals surface area contributed by atoms with Gasteiger partial charge in [0.25, 0.3) is 0 Å². The van der Waals surface area contributed by atoms with Gasteiger partial charge in [0, 0.05) is 5.92 Å². The zero-order valence-corrected chi connectivity index (χ0v) is 12.6. The second-order valence-corrected chi connectivity index (χ2v) is 5.55. The number of benzene rings is 2. The van der Waals surface area contributed by atoms with Gasteiger partial charge in [-0.3, -0.25) is 5.41 Å². The Morgan fingerprint density at radius 2 is 1.59 bits per heavy atom. The van der Waals surface area contributed by atoms with Gasteiger partial charge in [-0.05, 0) is 28.7 Å². The molecule has 0 radical (unpaired) electrons. The van der Waals surface area contributed by atoms with Gasteiger partial charge < -0.3 is 4.74 Å². The predicted octanol–water partition coefficient (Wildman–Crippen LogP) is 4.16. The molecule has 0 amide bonds. The summed E-state index contributed by atoms with van der Waals surface area (Å²) in [6.45, 7) is 2.24. The molecule has 2 aromatic rings. The van der Waals surface area contributed by atoms with E-state index < -0.39 is 5.97 Å². The minimum absolute atomic E-state index is 0.0575. The third kappa shape index (κ3) is 2.54. The first-order valence-electron chi connectivity index (χ1n) is 7.65. The van der Waals surface area contributed by atoms with Gasteiger partial charge in [0.1, 0.15) is 12.3 Å². The molecule has 0 spiro atoms. The molecule has 1 N–H and O–H groups in total. The first kappa shape index (κ1) is 14.5. The fourth-order valence-electron chi connectivity index (χ4n) is 3.04. The summed E-state index contributed by atoms with van der Waals surface area (Å²) in [6.07, 6.45) is 1.25. The van der Waals surface area contributed by atoms with Crippen LogP contribution in [0.15, 0.2) is 48.5 Å². The van der Waals surface area contributed by atoms with Crippen LogP contribution in [0.2, 0.25) is 0 Å². The summed E-state index contributed by atoms with van der Waals surface area (Å²) in [5, 5.41) is 7.68. The summed E-state index contributed by atoms with van der Waals surface area (Å²) in [4.78, 5) is 11.9. The van der Waals surface area contributed by atoms with Crippen LogP contribution in [0.4, 0.5) is 0 Å². The van der Waals surface area contributed by atoms with Crippen LogP contribution in [-0.2, 0) is 9.53 Å². The van der Waals surface area contributed by atoms with Crippen molar-refractivity contribution in [2.75, 3.05) is 6.61 Å². The lowest BCUT2D eigenvalue weighted by Crippen LogP contribution is -2.19. The molecule has 0 saturated heterocycles. The third-order valence-electron chi connectivity index (χ3n) is 4.09. The second kappa shape index (κ2) is 6.14. The van der Waals surface area contributed by atoms with E-state index in [0.29, 0.717) is 13.0 Å². The number of hydrogen-bond acceptors (Lipinski definition) is 3. The lowest BCUT2D eigenvalue weighted by atomic mass is 9.98. The van der Waals surface area contributed by atoms with Crippen LogP contribution in [0.1, 0.15) is 36.8 Å². The Hall–Kier alpha value is -2.42. The quantitative estimate of drug-likeness (QED) is 0.664. The average molecular weight is 293 g/mol. The predicted molar refractivity (Wildman–Crippen MR) is 87.3 cm³/mol. The number of carbonyl (C=O) groups is 1. The van der Waals surface area contributed by atoms with Crippen molar-refractivity contribution in [3.05, 3.63) is 59.7 Å². The molecule has 3 rings (SSSR count). The van der Waals surface area contributed by atoms with E-state index in [1.807, 2.05) is 31.2 Å². The molecule has 2 aromatic carbocycles. The lowest BCUT2D eigenvalue weighted by molar-refractivity contribution is -0.136. The highest BCUT2D eigenvalue weighted by Crippen LogP contribution is 2.44. The summed E-state index contributed by atoms with van der Waals surface area (Å²) >= 11 is 0. The maximum absolute atomic E-state index is 11.9. The number of esters is 1. The zero-order chi connectivity index (χ0) is 15.5. The number of rotatable bonds is 5. The molecule has 1 aliphatic rings. The molecule has 0 aliphatic heterocycles. The van der Waals surface area contributed by atoms with E-state index in [1.165, 1.54) is 22.3 Å². The smallest absolute Gasteiger partial charge is 0.351 e. The maximum Gasteiger partial charge on any atom is 0.351 e. The van der Waals surface area contributed by atoms with Gasteiger partial charge in [-0.2, -0.15) is 0 Å². The van der Waals surface area contributed by atoms with Gasteiger partial charge >= 0.3 is 5.97 Å². The maximum atomic E-state index is 11.9. The molecule has 22 heavy (non-hydrogen) atoms. The molecule has 0 unspecified atom stereocenters. The Morgan fingerprint density at radius 1 is 1.05 bits per heavy atom. The van der Waals surface area contributed by atoms with Gasteiger partial charge in [0.2, 0.25) is 0 Å². The Kier molecular flexibility index (Phi) is 4.05. The van der Waals surface area contributed by atoms with E-state index >= 15 is 0 Å². The van der Waals surface area contributed by atoms with Crippen molar-refractivity contribution in [3.63, 3.8) is 0 Å². The van der Waals surface area contributed by atoms with E-state index in [0.717, 1.165) is 6.42 Å². The van der Waals surface area contributed by atoms with E-state index in [2.05, 4.69) is 24.3 Å². The Balaban J connectivity index is 1.82. The minimum atomic E-state index is -0.497. The number of carbonyl (C=O) groups excluding carboxylic acids is 1. The van der Waals surface area contributed by atoms with Crippen molar-refractivity contribution in [1.82, 2.24) is 0 Å². The van der Waals surface area contributed by atoms with Crippen LogP contribution >= 0.6 is 0 Å². The highest BCUT2D eigenvalue weighted by atomic mass is 16.5. The van der Waals surface area contributed by atoms with Crippen LogP contribution in [0, 0.1) is 5.41 Å². The fourth-order valence-corrected chi connectivity index (χ4v) is 3.04. The number of hydrogen-bond donors (Lipinski definition) is 1. The van der Waals surface area contributed by atoms with Crippen molar-refractivity contribution in [3.8, 4) is 11.1 Å². The van der Waals surface area contributed by atoms with Crippen molar-refractivity contribution in [2.45, 2.75) is 25.7 Å². The summed E-state index contributed by atoms with van der Waals surface area (Å²) in [7, 11) is 0. The highest BCUT2D eigenvalue weighted by molar-refractivity contribution is 6.35. The molecule has 0 aromatic heterocycles. The largest absolute Gasteiger partial charge is 0.460 e. The topological polar surface area (TPSA) is 50.2 Å². The van der Waals surface area contributed by atoms with Crippen molar-refractivity contribution in [2.24, 2.45) is 0 Å². The number of fused-ring (bicyclic) bond motifs is 3. The number of ether oxygens (including phenoxy) is 1. The molecule has 0 heterocycles. The molecule has 3 heteroatoms. The molecule has 1 aliphatic carbocycles. The Labute approximate surface area is 130 Å². The SMILES string of the molecule is CCCC(=N)C(=O)OCC1c2ccccc2-c2ccccc21. The van der Waals surface area contributed by atoms with E-state index in [1.54, 1.807) is 0 Å². The van der Waals surface area contributed by atoms with E-state index in [4.69, 9.17) is 10.1 Å². The van der Waals surface area contributed by atoms with Crippen LogP contribution in [0.3, 0.4) is 0 Å². The zero-order valence-electron chi connectivity index (χ0n) is 12.6. The molecule has 112 valence electrons. The van der Waals surface area contributed by atoms with Crippen LogP contribution in [0.25, 0.3) is 11.1 Å². The fraction of sp³-hybridized carbons (Fsp3) is 0.263. The molecular formula is C19H19NO2. The average Bonchev–Trinajstić information content (AvgIpc) is 2.87. The minimum Gasteiger partial charge on any atom is -0.460 e. The van der Waals surface area contributed by atoms with Crippen LogP contribution in [0.5, 0.6) is 0 Å². The van der Waals surface area contributed by atoms with Gasteiger partial charge in [0.15, 0.2) is 0 Å². The summed E-state index contributed by atoms with van der Waals surface area (Å²) < 4.78 is 5.39. The molecule has 0 atom stereocenters. The standard InChI is InChI=1S/C19H19NO2/c1-2-7-18(20)19(21)22-12-17-15-10-5-3-8-13(15)14-9-4-6-11-16(14)17/h3-6,8-11,17,20H,2,7,12H2,1H3. The molecular weight excluding hydrogens is 274 g/mol. The van der Waals surface area contributed by atoms with Crippen LogP contribution in [-0.4, -0.2) is 18.3 Å². The van der Waals surface area contributed by atoms with Crippen molar-refractivity contribution < 1.29 is 9.53 Å². The van der Waals surface area contributed by atoms with Crippen LogP contribution < -0.4 is 0 Å². The summed E-state index contributed by atoms with van der Waals surface area (Å²) in [5.74, 6) is -0.436. The van der Waals surface area contributed by atoms with E-state index in [9.17, 15) is 4.79 Å². The first-order chi connectivity index (χ1) is 10.7. The third-order valence-corrected chi connectivity index (χ3v) is 4.09. The molecule has 3 nitrogen and oxygen atoms in total. The first-order valence-corrected chi connectivity index (χ1v) is 7.65. The van der Waals surface area contributed by atoms with Gasteiger partial charge in [-0.1, -0.05) is 61.9 Å². The summed E-state index contributed by atoms with van der Waals surface area (Å²) in [5.41, 5.74) is 4.87. The van der Waals surface area contributed by atoms with Gasteiger partial charge in [-0.15, -0.1) is 0 Å². The monoisotopic (exact) mass is 293 g/mol. The Morgan fingerprint density at radius 3 is 2.14 bits per heavy atom. The normalized spacial score (nSPS) is 12.6. The van der Waals surface area contributed by atoms with Crippen molar-refractivity contribution >= 4 is 11.7 Å². The van der Waals surface area contributed by atoms with E-state index in [-0.39, 0.29) is 11.6 Å². The summed E-state index contributed by atoms with van der Waals surface area (Å²) in [6, 6.07) is 16.5. The second-order valence-electron chi connectivity index (χ2n) is 5.55. The van der Waals surface area contributed by atoms with Gasteiger partial charge in [-0.25, -0.2) is 4.79 Å². The molecule has 0 bridgehead atoms. The number of nitrogens with one attached hydrogen (secondary N) is 1. The molecule has 0 fully saturated rings.